The zero-order valence-electron chi connectivity index (χ0n) is 16.5. The molecule has 0 radical (unpaired) electrons. The molecule has 1 saturated carbocycles. The molecule has 164 valence electrons. The Morgan fingerprint density at radius 3 is 2.71 bits per heavy atom. The fraction of sp³-hybridized carbons (Fsp3) is 0.364. The van der Waals surface area contributed by atoms with Crippen molar-refractivity contribution in [2.45, 2.75) is 37.1 Å². The summed E-state index contributed by atoms with van der Waals surface area (Å²) in [5.41, 5.74) is -2.01. The summed E-state index contributed by atoms with van der Waals surface area (Å²) < 4.78 is 51.5. The molecule has 4 rings (SSSR count). The van der Waals surface area contributed by atoms with Gasteiger partial charge in [-0.15, -0.1) is 0 Å². The van der Waals surface area contributed by atoms with E-state index in [0.717, 1.165) is 5.56 Å². The minimum Gasteiger partial charge on any atom is -0.496 e. The fourth-order valence-corrected chi connectivity index (χ4v) is 3.99. The highest BCUT2D eigenvalue weighted by Crippen LogP contribution is 2.55. The largest absolute Gasteiger partial charge is 0.496 e. The summed E-state index contributed by atoms with van der Waals surface area (Å²) in [4.78, 5) is 24.1. The molecule has 31 heavy (non-hydrogen) atoms. The van der Waals surface area contributed by atoms with E-state index in [1.165, 1.54) is 25.3 Å². The van der Waals surface area contributed by atoms with Crippen molar-refractivity contribution in [1.82, 2.24) is 0 Å². The van der Waals surface area contributed by atoms with E-state index in [0.29, 0.717) is 23.3 Å². The van der Waals surface area contributed by atoms with Gasteiger partial charge in [-0.3, -0.25) is 4.79 Å². The Hall–Kier alpha value is -3.07. The first kappa shape index (κ1) is 21.2. The van der Waals surface area contributed by atoms with E-state index >= 15 is 0 Å². The molecule has 9 heteroatoms. The van der Waals surface area contributed by atoms with E-state index in [4.69, 9.17) is 9.47 Å². The predicted octanol–water partition coefficient (Wildman–Crippen LogP) is 3.79. The van der Waals surface area contributed by atoms with Crippen molar-refractivity contribution in [2.24, 2.45) is 5.92 Å². The number of anilines is 1. The van der Waals surface area contributed by atoms with E-state index in [9.17, 15) is 27.9 Å². The van der Waals surface area contributed by atoms with Crippen molar-refractivity contribution >= 4 is 17.6 Å². The number of rotatable bonds is 6. The van der Waals surface area contributed by atoms with Crippen LogP contribution >= 0.6 is 0 Å². The first-order valence-corrected chi connectivity index (χ1v) is 9.67. The van der Waals surface area contributed by atoms with Gasteiger partial charge in [-0.25, -0.2) is 4.79 Å². The summed E-state index contributed by atoms with van der Waals surface area (Å²) >= 11 is 0. The number of benzene rings is 2. The van der Waals surface area contributed by atoms with Crippen LogP contribution in [0.2, 0.25) is 0 Å². The Morgan fingerprint density at radius 2 is 2.00 bits per heavy atom. The fourth-order valence-electron chi connectivity index (χ4n) is 3.99. The number of fused-ring (bicyclic) bond motifs is 1. The standard InChI is InChI=1S/C22H20F3NO5/c1-30-18-5-3-2-4-16(18)17-9-12(17)10-21(29,22(23,24)25)20(28)26-14-6-7-15-13(8-14)11-31-19(15)27/h2-8,12,17,29H,9-11H2,1H3,(H,26,28). The third kappa shape index (κ3) is 3.85. The number of amides is 1. The molecule has 2 aromatic rings. The van der Waals surface area contributed by atoms with E-state index < -0.39 is 36.0 Å². The number of halogens is 3. The average molecular weight is 435 g/mol. The maximum absolute atomic E-state index is 13.8. The van der Waals surface area contributed by atoms with Crippen LogP contribution < -0.4 is 10.1 Å². The van der Waals surface area contributed by atoms with Gasteiger partial charge in [0, 0.05) is 11.3 Å². The molecule has 1 heterocycles. The van der Waals surface area contributed by atoms with Crippen LogP contribution in [0.3, 0.4) is 0 Å². The number of aliphatic hydroxyl groups is 1. The maximum Gasteiger partial charge on any atom is 0.426 e. The number of carbonyl (C=O) groups excluding carboxylic acids is 2. The van der Waals surface area contributed by atoms with Crippen LogP contribution in [0.15, 0.2) is 42.5 Å². The van der Waals surface area contributed by atoms with Gasteiger partial charge in [-0.05, 0) is 54.5 Å². The minimum atomic E-state index is -5.17. The highest BCUT2D eigenvalue weighted by Gasteiger charge is 2.62. The van der Waals surface area contributed by atoms with Crippen molar-refractivity contribution in [2.75, 3.05) is 12.4 Å². The summed E-state index contributed by atoms with van der Waals surface area (Å²) in [6.45, 7) is -0.0237. The number of methoxy groups -OCH3 is 1. The Balaban J connectivity index is 1.52. The number of ether oxygens (including phenoxy) is 2. The van der Waals surface area contributed by atoms with Gasteiger partial charge in [0.05, 0.1) is 12.7 Å². The smallest absolute Gasteiger partial charge is 0.426 e. The van der Waals surface area contributed by atoms with Gasteiger partial charge in [0.1, 0.15) is 12.4 Å². The average Bonchev–Trinajstić information content (AvgIpc) is 3.39. The molecule has 0 aromatic heterocycles. The van der Waals surface area contributed by atoms with Crippen LogP contribution in [-0.2, 0) is 16.1 Å². The van der Waals surface area contributed by atoms with Gasteiger partial charge in [0.15, 0.2) is 0 Å². The Labute approximate surface area is 176 Å². The first-order chi connectivity index (χ1) is 14.6. The molecule has 3 unspecified atom stereocenters. The first-order valence-electron chi connectivity index (χ1n) is 9.67. The highest BCUT2D eigenvalue weighted by molar-refractivity contribution is 5.99. The molecule has 1 amide bonds. The Kier molecular flexibility index (Phi) is 5.17. The molecule has 1 fully saturated rings. The van der Waals surface area contributed by atoms with Crippen molar-refractivity contribution < 1.29 is 37.3 Å². The van der Waals surface area contributed by atoms with Gasteiger partial charge in [0.25, 0.3) is 5.91 Å². The molecular weight excluding hydrogens is 415 g/mol. The lowest BCUT2D eigenvalue weighted by molar-refractivity contribution is -0.252. The van der Waals surface area contributed by atoms with Crippen molar-refractivity contribution in [3.8, 4) is 5.75 Å². The monoisotopic (exact) mass is 435 g/mol. The van der Waals surface area contributed by atoms with Crippen molar-refractivity contribution in [3.05, 3.63) is 59.2 Å². The maximum atomic E-state index is 13.8. The van der Waals surface area contributed by atoms with Crippen LogP contribution in [0.4, 0.5) is 18.9 Å². The SMILES string of the molecule is COc1ccccc1C1CC1CC(O)(C(=O)Nc1ccc2c(c1)COC2=O)C(F)(F)F. The molecule has 2 aromatic carbocycles. The number of cyclic esters (lactones) is 1. The summed E-state index contributed by atoms with van der Waals surface area (Å²) in [5.74, 6) is -2.29. The molecule has 0 bridgehead atoms. The third-order valence-corrected chi connectivity index (χ3v) is 5.80. The number of hydrogen-bond donors (Lipinski definition) is 2. The lowest BCUT2D eigenvalue weighted by atomic mass is 9.92. The summed E-state index contributed by atoms with van der Waals surface area (Å²) in [6, 6.07) is 11.0. The lowest BCUT2D eigenvalue weighted by Gasteiger charge is -2.29. The van der Waals surface area contributed by atoms with E-state index in [1.54, 1.807) is 24.3 Å². The van der Waals surface area contributed by atoms with Gasteiger partial charge in [-0.2, -0.15) is 13.2 Å². The second-order valence-electron chi connectivity index (χ2n) is 7.81. The number of alkyl halides is 3. The second kappa shape index (κ2) is 7.56. The van der Waals surface area contributed by atoms with E-state index in [2.05, 4.69) is 5.32 Å². The van der Waals surface area contributed by atoms with Crippen LogP contribution in [0.1, 0.15) is 40.2 Å². The molecule has 1 aliphatic carbocycles. The molecule has 6 nitrogen and oxygen atoms in total. The van der Waals surface area contributed by atoms with Gasteiger partial charge >= 0.3 is 12.1 Å². The minimum absolute atomic E-state index is 0.0237. The molecule has 0 saturated heterocycles. The van der Waals surface area contributed by atoms with Gasteiger partial charge in [0.2, 0.25) is 5.60 Å². The predicted molar refractivity (Wildman–Crippen MR) is 104 cm³/mol. The molecule has 2 N–H and O–H groups in total. The van der Waals surface area contributed by atoms with Gasteiger partial charge in [-0.1, -0.05) is 18.2 Å². The lowest BCUT2D eigenvalue weighted by Crippen LogP contribution is -2.55. The quantitative estimate of drug-likeness (QED) is 0.675. The number of esters is 1. The molecular formula is C22H20F3NO5. The molecule has 2 aliphatic rings. The highest BCUT2D eigenvalue weighted by atomic mass is 19.4. The van der Waals surface area contributed by atoms with E-state index in [-0.39, 0.29) is 18.2 Å². The number of hydrogen-bond acceptors (Lipinski definition) is 5. The van der Waals surface area contributed by atoms with Crippen LogP contribution in [-0.4, -0.2) is 35.9 Å². The summed E-state index contributed by atoms with van der Waals surface area (Å²) in [5, 5.41) is 12.6. The summed E-state index contributed by atoms with van der Waals surface area (Å²) in [6.07, 6.45) is -5.53. The zero-order chi connectivity index (χ0) is 22.4. The third-order valence-electron chi connectivity index (χ3n) is 5.80. The topological polar surface area (TPSA) is 84.9 Å². The Morgan fingerprint density at radius 1 is 1.26 bits per heavy atom. The second-order valence-corrected chi connectivity index (χ2v) is 7.81. The molecule has 3 atom stereocenters. The molecule has 1 aliphatic heterocycles. The summed E-state index contributed by atoms with van der Waals surface area (Å²) in [7, 11) is 1.48. The van der Waals surface area contributed by atoms with Crippen molar-refractivity contribution in [3.63, 3.8) is 0 Å². The van der Waals surface area contributed by atoms with Crippen molar-refractivity contribution in [1.29, 1.82) is 0 Å². The zero-order valence-corrected chi connectivity index (χ0v) is 16.5. The van der Waals surface area contributed by atoms with Gasteiger partial charge < -0.3 is 19.9 Å². The van der Waals surface area contributed by atoms with Crippen LogP contribution in [0.25, 0.3) is 0 Å². The number of carbonyl (C=O) groups is 2. The van der Waals surface area contributed by atoms with Crippen LogP contribution in [0, 0.1) is 5.92 Å². The van der Waals surface area contributed by atoms with E-state index in [1.807, 2.05) is 0 Å². The number of para-hydroxylation sites is 1. The normalized spacial score (nSPS) is 21.6. The molecule has 0 spiro atoms. The Bertz CT molecular complexity index is 1040. The van der Waals surface area contributed by atoms with Crippen LogP contribution in [0.5, 0.6) is 5.75 Å². The number of nitrogens with one attached hydrogen (secondary N) is 1.